The van der Waals surface area contributed by atoms with Gasteiger partial charge in [0, 0.05) is 11.1 Å². The van der Waals surface area contributed by atoms with E-state index in [4.69, 9.17) is 4.74 Å². The number of fused-ring (bicyclic) bond motifs is 1. The summed E-state index contributed by atoms with van der Waals surface area (Å²) in [5, 5.41) is 0. The molecular weight excluding hydrogens is 224 g/mol. The molecule has 18 heavy (non-hydrogen) atoms. The number of benzene rings is 2. The van der Waals surface area contributed by atoms with Gasteiger partial charge in [-0.1, -0.05) is 42.5 Å². The Hall–Kier alpha value is -2.09. The van der Waals surface area contributed by atoms with Gasteiger partial charge in [0.15, 0.2) is 5.78 Å². The SMILES string of the molecule is O=C(c1ccccc1)c1ccc2c(c1)OCCC2. The van der Waals surface area contributed by atoms with Crippen LogP contribution in [0.3, 0.4) is 0 Å². The number of ether oxygens (including phenoxy) is 1. The van der Waals surface area contributed by atoms with Gasteiger partial charge in [-0.15, -0.1) is 0 Å². The van der Waals surface area contributed by atoms with Crippen LogP contribution in [0.4, 0.5) is 0 Å². The standard InChI is InChI=1S/C16H14O2/c17-16(13-5-2-1-3-6-13)14-9-8-12-7-4-10-18-15(12)11-14/h1-3,5-6,8-9,11H,4,7,10H2. The molecule has 2 aromatic rings. The molecule has 0 saturated carbocycles. The van der Waals surface area contributed by atoms with E-state index in [-0.39, 0.29) is 5.78 Å². The van der Waals surface area contributed by atoms with Crippen LogP contribution in [0.2, 0.25) is 0 Å². The van der Waals surface area contributed by atoms with Crippen LogP contribution in [0.5, 0.6) is 5.75 Å². The molecule has 0 fully saturated rings. The Kier molecular flexibility index (Phi) is 2.85. The number of carbonyl (C=O) groups is 1. The van der Waals surface area contributed by atoms with Crippen molar-refractivity contribution in [3.63, 3.8) is 0 Å². The minimum Gasteiger partial charge on any atom is -0.493 e. The van der Waals surface area contributed by atoms with Gasteiger partial charge >= 0.3 is 0 Å². The lowest BCUT2D eigenvalue weighted by molar-refractivity contribution is 0.103. The van der Waals surface area contributed by atoms with Gasteiger partial charge in [-0.05, 0) is 24.5 Å². The van der Waals surface area contributed by atoms with Crippen molar-refractivity contribution in [2.75, 3.05) is 6.61 Å². The van der Waals surface area contributed by atoms with E-state index >= 15 is 0 Å². The lowest BCUT2D eigenvalue weighted by Crippen LogP contribution is -2.10. The third-order valence-corrected chi connectivity index (χ3v) is 3.21. The Morgan fingerprint density at radius 3 is 2.67 bits per heavy atom. The highest BCUT2D eigenvalue weighted by Gasteiger charge is 2.14. The summed E-state index contributed by atoms with van der Waals surface area (Å²) >= 11 is 0. The van der Waals surface area contributed by atoms with Crippen LogP contribution in [0.15, 0.2) is 48.5 Å². The lowest BCUT2D eigenvalue weighted by Gasteiger charge is -2.17. The molecule has 3 rings (SSSR count). The molecule has 0 spiro atoms. The fourth-order valence-corrected chi connectivity index (χ4v) is 2.24. The number of hydrogen-bond acceptors (Lipinski definition) is 2. The van der Waals surface area contributed by atoms with Crippen molar-refractivity contribution in [3.05, 3.63) is 65.2 Å². The number of aryl methyl sites for hydroxylation is 1. The predicted octanol–water partition coefficient (Wildman–Crippen LogP) is 3.24. The Labute approximate surface area is 106 Å². The quantitative estimate of drug-likeness (QED) is 0.751. The Balaban J connectivity index is 1.95. The molecule has 2 heteroatoms. The molecule has 0 N–H and O–H groups in total. The molecule has 0 radical (unpaired) electrons. The largest absolute Gasteiger partial charge is 0.493 e. The highest BCUT2D eigenvalue weighted by molar-refractivity contribution is 6.09. The van der Waals surface area contributed by atoms with E-state index < -0.39 is 0 Å². The van der Waals surface area contributed by atoms with E-state index in [1.54, 1.807) is 0 Å². The monoisotopic (exact) mass is 238 g/mol. The van der Waals surface area contributed by atoms with Gasteiger partial charge in [0.2, 0.25) is 0 Å². The maximum atomic E-state index is 12.3. The summed E-state index contributed by atoms with van der Waals surface area (Å²) in [6.45, 7) is 0.746. The highest BCUT2D eigenvalue weighted by Crippen LogP contribution is 2.26. The van der Waals surface area contributed by atoms with E-state index in [2.05, 4.69) is 0 Å². The molecule has 0 bridgehead atoms. The van der Waals surface area contributed by atoms with Gasteiger partial charge in [0.1, 0.15) is 5.75 Å². The third-order valence-electron chi connectivity index (χ3n) is 3.21. The van der Waals surface area contributed by atoms with Gasteiger partial charge in [-0.25, -0.2) is 0 Å². The second-order valence-corrected chi connectivity index (χ2v) is 4.47. The predicted molar refractivity (Wildman–Crippen MR) is 70.1 cm³/mol. The van der Waals surface area contributed by atoms with E-state index in [1.165, 1.54) is 5.56 Å². The molecule has 0 atom stereocenters. The summed E-state index contributed by atoms with van der Waals surface area (Å²) in [4.78, 5) is 12.3. The summed E-state index contributed by atoms with van der Waals surface area (Å²) in [7, 11) is 0. The second kappa shape index (κ2) is 4.65. The van der Waals surface area contributed by atoms with Crippen molar-refractivity contribution in [1.82, 2.24) is 0 Å². The van der Waals surface area contributed by atoms with Crippen LogP contribution >= 0.6 is 0 Å². The molecule has 2 aromatic carbocycles. The van der Waals surface area contributed by atoms with E-state index in [0.29, 0.717) is 11.1 Å². The summed E-state index contributed by atoms with van der Waals surface area (Å²) in [5.74, 6) is 0.913. The summed E-state index contributed by atoms with van der Waals surface area (Å²) in [6.07, 6.45) is 2.09. The number of ketones is 1. The Morgan fingerprint density at radius 2 is 1.83 bits per heavy atom. The van der Waals surface area contributed by atoms with Crippen LogP contribution < -0.4 is 4.74 Å². The first-order valence-electron chi connectivity index (χ1n) is 6.20. The third kappa shape index (κ3) is 2.02. The summed E-state index contributed by atoms with van der Waals surface area (Å²) < 4.78 is 5.60. The molecule has 0 aliphatic carbocycles. The Bertz CT molecular complexity index is 573. The number of hydrogen-bond donors (Lipinski definition) is 0. The first-order chi connectivity index (χ1) is 8.84. The maximum Gasteiger partial charge on any atom is 0.193 e. The number of carbonyl (C=O) groups excluding carboxylic acids is 1. The van der Waals surface area contributed by atoms with Crippen molar-refractivity contribution in [2.45, 2.75) is 12.8 Å². The van der Waals surface area contributed by atoms with Crippen LogP contribution in [0, 0.1) is 0 Å². The van der Waals surface area contributed by atoms with E-state index in [1.807, 2.05) is 48.5 Å². The normalized spacial score (nSPS) is 13.6. The van der Waals surface area contributed by atoms with E-state index in [9.17, 15) is 4.79 Å². The maximum absolute atomic E-state index is 12.3. The van der Waals surface area contributed by atoms with Crippen LogP contribution in [-0.2, 0) is 6.42 Å². The van der Waals surface area contributed by atoms with Crippen molar-refractivity contribution < 1.29 is 9.53 Å². The average Bonchev–Trinajstić information content (AvgIpc) is 2.47. The van der Waals surface area contributed by atoms with Gasteiger partial charge in [0.05, 0.1) is 6.61 Å². The fourth-order valence-electron chi connectivity index (χ4n) is 2.24. The Morgan fingerprint density at radius 1 is 1.00 bits per heavy atom. The molecule has 0 amide bonds. The minimum absolute atomic E-state index is 0.0487. The lowest BCUT2D eigenvalue weighted by atomic mass is 9.99. The van der Waals surface area contributed by atoms with Crippen LogP contribution in [0.25, 0.3) is 0 Å². The molecule has 0 unspecified atom stereocenters. The van der Waals surface area contributed by atoms with Gasteiger partial charge in [-0.2, -0.15) is 0 Å². The minimum atomic E-state index is 0.0487. The first kappa shape index (κ1) is 11.0. The van der Waals surface area contributed by atoms with Crippen molar-refractivity contribution in [1.29, 1.82) is 0 Å². The highest BCUT2D eigenvalue weighted by atomic mass is 16.5. The van der Waals surface area contributed by atoms with Crippen LogP contribution in [0.1, 0.15) is 27.9 Å². The molecule has 2 nitrogen and oxygen atoms in total. The molecular formula is C16H14O2. The molecule has 0 aromatic heterocycles. The molecule has 1 aliphatic rings. The molecule has 90 valence electrons. The van der Waals surface area contributed by atoms with Crippen molar-refractivity contribution >= 4 is 5.78 Å². The fraction of sp³-hybridized carbons (Fsp3) is 0.188. The zero-order valence-corrected chi connectivity index (χ0v) is 10.1. The van der Waals surface area contributed by atoms with Gasteiger partial charge in [0.25, 0.3) is 0 Å². The van der Waals surface area contributed by atoms with Crippen LogP contribution in [-0.4, -0.2) is 12.4 Å². The zero-order valence-electron chi connectivity index (χ0n) is 10.1. The first-order valence-corrected chi connectivity index (χ1v) is 6.20. The average molecular weight is 238 g/mol. The summed E-state index contributed by atoms with van der Waals surface area (Å²) in [5.41, 5.74) is 2.61. The second-order valence-electron chi connectivity index (χ2n) is 4.47. The topological polar surface area (TPSA) is 26.3 Å². The molecule has 1 heterocycles. The zero-order chi connectivity index (χ0) is 12.4. The van der Waals surface area contributed by atoms with Crippen molar-refractivity contribution in [2.24, 2.45) is 0 Å². The molecule has 1 aliphatic heterocycles. The van der Waals surface area contributed by atoms with Gasteiger partial charge in [-0.3, -0.25) is 4.79 Å². The summed E-state index contributed by atoms with van der Waals surface area (Å²) in [6, 6.07) is 15.1. The smallest absolute Gasteiger partial charge is 0.193 e. The molecule has 0 saturated heterocycles. The van der Waals surface area contributed by atoms with Crippen molar-refractivity contribution in [3.8, 4) is 5.75 Å². The van der Waals surface area contributed by atoms with Gasteiger partial charge < -0.3 is 4.74 Å². The van der Waals surface area contributed by atoms with E-state index in [0.717, 1.165) is 25.2 Å². The number of rotatable bonds is 2.